The van der Waals surface area contributed by atoms with E-state index in [0.29, 0.717) is 33.0 Å². The summed E-state index contributed by atoms with van der Waals surface area (Å²) >= 11 is 7.28. The van der Waals surface area contributed by atoms with E-state index in [1.54, 1.807) is 53.9 Å². The van der Waals surface area contributed by atoms with E-state index in [0.717, 1.165) is 0 Å². The second kappa shape index (κ2) is 9.37. The van der Waals surface area contributed by atoms with Crippen LogP contribution in [-0.4, -0.2) is 28.9 Å². The van der Waals surface area contributed by atoms with Crippen LogP contribution in [0.3, 0.4) is 0 Å². The van der Waals surface area contributed by atoms with E-state index in [2.05, 4.69) is 10.3 Å². The first-order valence-electron chi connectivity index (χ1n) is 9.63. The number of amides is 2. The van der Waals surface area contributed by atoms with Crippen molar-refractivity contribution in [2.45, 2.75) is 26.1 Å². The number of carbonyl (C=O) groups is 3. The second-order valence-corrected chi connectivity index (χ2v) is 8.19. The summed E-state index contributed by atoms with van der Waals surface area (Å²) in [5.74, 6) is -0.738. The highest BCUT2D eigenvalue weighted by Gasteiger charge is 2.30. The van der Waals surface area contributed by atoms with Crippen LogP contribution >= 0.6 is 22.9 Å². The maximum absolute atomic E-state index is 12.3. The van der Waals surface area contributed by atoms with Gasteiger partial charge >= 0.3 is 5.97 Å². The number of rotatable bonds is 6. The Kier molecular flexibility index (Phi) is 6.38. The van der Waals surface area contributed by atoms with Crippen LogP contribution in [0.15, 0.2) is 53.9 Å². The predicted octanol–water partition coefficient (Wildman–Crippen LogP) is 4.31. The molecule has 1 atom stereocenters. The minimum atomic E-state index is -0.973. The fraction of sp³-hybridized carbons (Fsp3) is 0.182. The zero-order valence-corrected chi connectivity index (χ0v) is 18.5. The van der Waals surface area contributed by atoms with Gasteiger partial charge in [0, 0.05) is 17.3 Å². The third kappa shape index (κ3) is 4.90. The average molecular weight is 472 g/mol. The Balaban J connectivity index is 1.37. The summed E-state index contributed by atoms with van der Waals surface area (Å²) in [6, 6.07) is 13.9. The van der Waals surface area contributed by atoms with E-state index in [1.165, 1.54) is 23.2 Å². The number of nitrogens with zero attached hydrogens (tertiary/aromatic N) is 2. The molecular weight excluding hydrogens is 454 g/mol. The summed E-state index contributed by atoms with van der Waals surface area (Å²) in [5.41, 5.74) is 1.63. The molecule has 0 aliphatic carbocycles. The number of ether oxygens (including phenoxy) is 2. The first kappa shape index (κ1) is 21.8. The van der Waals surface area contributed by atoms with Crippen molar-refractivity contribution in [1.82, 2.24) is 4.98 Å². The minimum absolute atomic E-state index is 0.0957. The first-order chi connectivity index (χ1) is 15.4. The molecule has 2 heterocycles. The van der Waals surface area contributed by atoms with Gasteiger partial charge in [0.15, 0.2) is 11.2 Å². The molecule has 1 N–H and O–H groups in total. The third-order valence-corrected chi connectivity index (χ3v) is 5.66. The number of esters is 1. The smallest absolute Gasteiger partial charge is 0.310 e. The fourth-order valence-electron chi connectivity index (χ4n) is 3.10. The molecule has 32 heavy (non-hydrogen) atoms. The predicted molar refractivity (Wildman–Crippen MR) is 120 cm³/mol. The molecule has 0 saturated carbocycles. The lowest BCUT2D eigenvalue weighted by Crippen LogP contribution is -2.38. The molecule has 2 amide bonds. The highest BCUT2D eigenvalue weighted by Crippen LogP contribution is 2.31. The Hall–Kier alpha value is -3.43. The summed E-state index contributed by atoms with van der Waals surface area (Å²) in [5, 5.41) is 5.33. The number of hydrogen-bond acceptors (Lipinski definition) is 7. The van der Waals surface area contributed by atoms with Gasteiger partial charge in [-0.3, -0.25) is 19.3 Å². The van der Waals surface area contributed by atoms with Crippen molar-refractivity contribution in [2.24, 2.45) is 0 Å². The number of fused-ring (bicyclic) bond motifs is 1. The van der Waals surface area contributed by atoms with E-state index in [1.807, 2.05) is 0 Å². The number of para-hydroxylation sites is 2. The Labute approximate surface area is 192 Å². The summed E-state index contributed by atoms with van der Waals surface area (Å²) < 4.78 is 10.9. The minimum Gasteiger partial charge on any atom is -0.478 e. The number of halogens is 1. The Morgan fingerprint density at radius 1 is 1.25 bits per heavy atom. The Morgan fingerprint density at radius 2 is 2.06 bits per heavy atom. The molecule has 1 unspecified atom stereocenters. The molecule has 8 nitrogen and oxygen atoms in total. The largest absolute Gasteiger partial charge is 0.478 e. The van der Waals surface area contributed by atoms with Gasteiger partial charge in [0.1, 0.15) is 12.4 Å². The molecule has 0 spiro atoms. The molecule has 0 bridgehead atoms. The average Bonchev–Trinajstić information content (AvgIpc) is 3.21. The standard InChI is InChI=1S/C22H18ClN3O5S/c1-13(27)26(16-6-4-5-14(23)9-16)22-24-15(12-32-22)11-30-20(28)10-19-21(29)25-17-7-2-3-8-18(17)31-19/h2-9,12,19H,10-11H2,1H3,(H,25,29). The Bertz CT molecular complexity index is 1180. The molecule has 3 aromatic rings. The molecule has 0 radical (unpaired) electrons. The van der Waals surface area contributed by atoms with Gasteiger partial charge in [-0.2, -0.15) is 0 Å². The molecule has 1 aliphatic heterocycles. The summed E-state index contributed by atoms with van der Waals surface area (Å²) in [6.07, 6.45) is -1.21. The van der Waals surface area contributed by atoms with Gasteiger partial charge in [-0.05, 0) is 30.3 Å². The van der Waals surface area contributed by atoms with Crippen LogP contribution in [0, 0.1) is 0 Å². The quantitative estimate of drug-likeness (QED) is 0.538. The number of carbonyl (C=O) groups excluding carboxylic acids is 3. The highest BCUT2D eigenvalue weighted by atomic mass is 35.5. The Morgan fingerprint density at radius 3 is 2.84 bits per heavy atom. The molecule has 1 aromatic heterocycles. The van der Waals surface area contributed by atoms with Crippen LogP contribution in [0.2, 0.25) is 5.02 Å². The number of nitrogens with one attached hydrogen (secondary N) is 1. The van der Waals surface area contributed by atoms with Crippen molar-refractivity contribution < 1.29 is 23.9 Å². The van der Waals surface area contributed by atoms with E-state index in [9.17, 15) is 14.4 Å². The number of aromatic nitrogens is 1. The molecule has 10 heteroatoms. The highest BCUT2D eigenvalue weighted by molar-refractivity contribution is 7.14. The zero-order valence-electron chi connectivity index (χ0n) is 16.9. The van der Waals surface area contributed by atoms with Crippen LogP contribution < -0.4 is 15.0 Å². The van der Waals surface area contributed by atoms with Crippen molar-refractivity contribution in [3.05, 3.63) is 64.6 Å². The SMILES string of the molecule is CC(=O)N(c1cccc(Cl)c1)c1nc(COC(=O)CC2Oc3ccccc3NC2=O)cs1. The van der Waals surface area contributed by atoms with E-state index < -0.39 is 18.0 Å². The van der Waals surface area contributed by atoms with Crippen LogP contribution in [0.5, 0.6) is 5.75 Å². The van der Waals surface area contributed by atoms with Gasteiger partial charge in [-0.1, -0.05) is 29.8 Å². The maximum atomic E-state index is 12.3. The monoisotopic (exact) mass is 471 g/mol. The van der Waals surface area contributed by atoms with E-state index in [4.69, 9.17) is 21.1 Å². The van der Waals surface area contributed by atoms with Crippen LogP contribution in [0.4, 0.5) is 16.5 Å². The van der Waals surface area contributed by atoms with Crippen molar-refractivity contribution in [2.75, 3.05) is 10.2 Å². The third-order valence-electron chi connectivity index (χ3n) is 4.55. The van der Waals surface area contributed by atoms with Gasteiger partial charge in [0.2, 0.25) is 5.91 Å². The van der Waals surface area contributed by atoms with Crippen LogP contribution in [-0.2, 0) is 25.7 Å². The number of benzene rings is 2. The molecule has 0 fully saturated rings. The lowest BCUT2D eigenvalue weighted by Gasteiger charge is -2.25. The van der Waals surface area contributed by atoms with Crippen LogP contribution in [0.25, 0.3) is 0 Å². The van der Waals surface area contributed by atoms with E-state index >= 15 is 0 Å². The fourth-order valence-corrected chi connectivity index (χ4v) is 4.16. The summed E-state index contributed by atoms with van der Waals surface area (Å²) in [7, 11) is 0. The molecule has 2 aromatic carbocycles. The lowest BCUT2D eigenvalue weighted by molar-refractivity contribution is -0.149. The summed E-state index contributed by atoms with van der Waals surface area (Å²) in [6.45, 7) is 1.33. The van der Waals surface area contributed by atoms with Crippen molar-refractivity contribution in [1.29, 1.82) is 0 Å². The number of hydrogen-bond donors (Lipinski definition) is 1. The van der Waals surface area contributed by atoms with Gasteiger partial charge in [-0.15, -0.1) is 11.3 Å². The normalized spacial score (nSPS) is 14.7. The molecular formula is C22H18ClN3O5S. The molecule has 1 aliphatic rings. The number of thiazole rings is 1. The summed E-state index contributed by atoms with van der Waals surface area (Å²) in [4.78, 5) is 42.4. The van der Waals surface area contributed by atoms with Gasteiger partial charge < -0.3 is 14.8 Å². The molecule has 4 rings (SSSR count). The maximum Gasteiger partial charge on any atom is 0.310 e. The molecule has 0 saturated heterocycles. The van der Waals surface area contributed by atoms with Crippen molar-refractivity contribution in [3.8, 4) is 5.75 Å². The van der Waals surface area contributed by atoms with Gasteiger partial charge in [0.05, 0.1) is 23.5 Å². The zero-order chi connectivity index (χ0) is 22.7. The molecule has 164 valence electrons. The first-order valence-corrected chi connectivity index (χ1v) is 10.9. The van der Waals surface area contributed by atoms with E-state index in [-0.39, 0.29) is 18.9 Å². The topological polar surface area (TPSA) is 97.8 Å². The lowest BCUT2D eigenvalue weighted by atomic mass is 10.1. The van der Waals surface area contributed by atoms with Crippen LogP contribution in [0.1, 0.15) is 19.0 Å². The van der Waals surface area contributed by atoms with Gasteiger partial charge in [0.25, 0.3) is 5.91 Å². The van der Waals surface area contributed by atoms with Crippen molar-refractivity contribution >= 4 is 57.2 Å². The van der Waals surface area contributed by atoms with Gasteiger partial charge in [-0.25, -0.2) is 4.98 Å². The van der Waals surface area contributed by atoms with Crippen molar-refractivity contribution in [3.63, 3.8) is 0 Å². The second-order valence-electron chi connectivity index (χ2n) is 6.91. The number of anilines is 3.